The van der Waals surface area contributed by atoms with E-state index in [-0.39, 0.29) is 0 Å². The van der Waals surface area contributed by atoms with Gasteiger partial charge in [-0.05, 0) is 50.7 Å². The van der Waals surface area contributed by atoms with Crippen LogP contribution in [0.5, 0.6) is 0 Å². The Bertz CT molecular complexity index is 197. The third-order valence-corrected chi connectivity index (χ3v) is 4.43. The van der Waals surface area contributed by atoms with Gasteiger partial charge >= 0.3 is 0 Å². The minimum atomic E-state index is 0.582. The van der Waals surface area contributed by atoms with Crippen LogP contribution in [0.3, 0.4) is 0 Å². The summed E-state index contributed by atoms with van der Waals surface area (Å²) in [4.78, 5) is 2.68. The van der Waals surface area contributed by atoms with E-state index in [1.54, 1.807) is 0 Å². The molecule has 0 aromatic heterocycles. The van der Waals surface area contributed by atoms with Gasteiger partial charge in [-0.2, -0.15) is 0 Å². The summed E-state index contributed by atoms with van der Waals surface area (Å²) in [5, 5.41) is 3.68. The van der Waals surface area contributed by atoms with E-state index in [1.165, 1.54) is 77.7 Å². The summed E-state index contributed by atoms with van der Waals surface area (Å²) in [7, 11) is 0. The molecule has 2 nitrogen and oxygen atoms in total. The van der Waals surface area contributed by atoms with Crippen molar-refractivity contribution in [2.24, 2.45) is 5.41 Å². The highest BCUT2D eigenvalue weighted by atomic mass is 15.1. The maximum Gasteiger partial charge on any atom is 0.00500 e. The average molecular weight is 254 g/mol. The van der Waals surface area contributed by atoms with Crippen molar-refractivity contribution in [3.63, 3.8) is 0 Å². The summed E-state index contributed by atoms with van der Waals surface area (Å²) >= 11 is 0. The molecule has 0 amide bonds. The van der Waals surface area contributed by atoms with Crippen molar-refractivity contribution in [2.75, 3.05) is 32.7 Å². The van der Waals surface area contributed by atoms with Crippen molar-refractivity contribution in [3.05, 3.63) is 0 Å². The standard InChI is InChI=1S/C16H34N2/c1-4-7-13-18(6-3)15-16(10-8-9-11-16)14-17-12-5-2/h17H,4-15H2,1-3H3. The fraction of sp³-hybridized carbons (Fsp3) is 1.00. The summed E-state index contributed by atoms with van der Waals surface area (Å²) in [6, 6.07) is 0. The lowest BCUT2D eigenvalue weighted by Crippen LogP contribution is -2.43. The number of hydrogen-bond donors (Lipinski definition) is 1. The van der Waals surface area contributed by atoms with Gasteiger partial charge in [0.1, 0.15) is 0 Å². The van der Waals surface area contributed by atoms with Gasteiger partial charge in [0, 0.05) is 13.1 Å². The van der Waals surface area contributed by atoms with Crippen LogP contribution in [-0.4, -0.2) is 37.6 Å². The molecule has 0 saturated heterocycles. The van der Waals surface area contributed by atoms with Crippen molar-refractivity contribution in [1.29, 1.82) is 0 Å². The molecule has 108 valence electrons. The normalized spacial score (nSPS) is 18.7. The molecule has 0 aromatic rings. The lowest BCUT2D eigenvalue weighted by molar-refractivity contribution is 0.152. The number of nitrogens with zero attached hydrogens (tertiary/aromatic N) is 1. The predicted molar refractivity (Wildman–Crippen MR) is 81.1 cm³/mol. The summed E-state index contributed by atoms with van der Waals surface area (Å²) < 4.78 is 0. The van der Waals surface area contributed by atoms with E-state index in [0.29, 0.717) is 5.41 Å². The first kappa shape index (κ1) is 16.0. The highest BCUT2D eigenvalue weighted by molar-refractivity contribution is 4.89. The van der Waals surface area contributed by atoms with Gasteiger partial charge in [-0.1, -0.05) is 40.0 Å². The second-order valence-corrected chi connectivity index (χ2v) is 6.11. The van der Waals surface area contributed by atoms with Crippen LogP contribution in [0.1, 0.15) is 65.7 Å². The Morgan fingerprint density at radius 1 is 1.06 bits per heavy atom. The zero-order valence-electron chi connectivity index (χ0n) is 12.9. The maximum absolute atomic E-state index is 3.68. The largest absolute Gasteiger partial charge is 0.316 e. The van der Waals surface area contributed by atoms with E-state index < -0.39 is 0 Å². The second-order valence-electron chi connectivity index (χ2n) is 6.11. The third-order valence-electron chi connectivity index (χ3n) is 4.43. The van der Waals surface area contributed by atoms with E-state index in [1.807, 2.05) is 0 Å². The molecule has 2 heteroatoms. The van der Waals surface area contributed by atoms with Gasteiger partial charge in [0.05, 0.1) is 0 Å². The Morgan fingerprint density at radius 2 is 1.78 bits per heavy atom. The summed E-state index contributed by atoms with van der Waals surface area (Å²) in [6.45, 7) is 13.1. The van der Waals surface area contributed by atoms with Gasteiger partial charge in [0.15, 0.2) is 0 Å². The molecule has 0 heterocycles. The van der Waals surface area contributed by atoms with Crippen LogP contribution < -0.4 is 5.32 Å². The van der Waals surface area contributed by atoms with Crippen molar-refractivity contribution in [3.8, 4) is 0 Å². The molecule has 0 spiro atoms. The van der Waals surface area contributed by atoms with Gasteiger partial charge in [-0.15, -0.1) is 0 Å². The van der Waals surface area contributed by atoms with E-state index in [2.05, 4.69) is 31.0 Å². The van der Waals surface area contributed by atoms with E-state index in [4.69, 9.17) is 0 Å². The van der Waals surface area contributed by atoms with Crippen molar-refractivity contribution in [2.45, 2.75) is 65.7 Å². The molecular weight excluding hydrogens is 220 g/mol. The van der Waals surface area contributed by atoms with E-state index in [9.17, 15) is 0 Å². The second kappa shape index (κ2) is 8.92. The summed E-state index contributed by atoms with van der Waals surface area (Å²) in [6.07, 6.45) is 9.68. The van der Waals surface area contributed by atoms with Crippen LogP contribution in [-0.2, 0) is 0 Å². The summed E-state index contributed by atoms with van der Waals surface area (Å²) in [5.74, 6) is 0. The van der Waals surface area contributed by atoms with E-state index in [0.717, 1.165) is 0 Å². The van der Waals surface area contributed by atoms with Crippen LogP contribution in [0.15, 0.2) is 0 Å². The Balaban J connectivity index is 2.43. The lowest BCUT2D eigenvalue weighted by Gasteiger charge is -2.35. The zero-order valence-corrected chi connectivity index (χ0v) is 12.9. The molecule has 0 bridgehead atoms. The fourth-order valence-corrected chi connectivity index (χ4v) is 3.25. The molecule has 1 saturated carbocycles. The Hall–Kier alpha value is -0.0800. The van der Waals surface area contributed by atoms with Gasteiger partial charge in [-0.25, -0.2) is 0 Å². The van der Waals surface area contributed by atoms with Crippen molar-refractivity contribution in [1.82, 2.24) is 10.2 Å². The van der Waals surface area contributed by atoms with Crippen molar-refractivity contribution < 1.29 is 0 Å². The molecule has 18 heavy (non-hydrogen) atoms. The fourth-order valence-electron chi connectivity index (χ4n) is 3.25. The number of hydrogen-bond acceptors (Lipinski definition) is 2. The Labute approximate surface area is 115 Å². The number of unbranched alkanes of at least 4 members (excludes halogenated alkanes) is 1. The smallest absolute Gasteiger partial charge is 0.00500 e. The molecule has 1 N–H and O–H groups in total. The predicted octanol–water partition coefficient (Wildman–Crippen LogP) is 3.67. The first-order chi connectivity index (χ1) is 8.76. The highest BCUT2D eigenvalue weighted by Crippen LogP contribution is 2.38. The molecule has 0 aromatic carbocycles. The van der Waals surface area contributed by atoms with Gasteiger partial charge in [0.2, 0.25) is 0 Å². The van der Waals surface area contributed by atoms with Gasteiger partial charge in [-0.3, -0.25) is 0 Å². The zero-order chi connectivity index (χ0) is 13.3. The first-order valence-corrected chi connectivity index (χ1v) is 8.19. The molecule has 0 aliphatic heterocycles. The van der Waals surface area contributed by atoms with Gasteiger partial charge in [0.25, 0.3) is 0 Å². The monoisotopic (exact) mass is 254 g/mol. The van der Waals surface area contributed by atoms with Crippen LogP contribution in [0, 0.1) is 5.41 Å². The molecule has 1 aliphatic carbocycles. The summed E-state index contributed by atoms with van der Waals surface area (Å²) in [5.41, 5.74) is 0.582. The maximum atomic E-state index is 3.68. The molecular formula is C16H34N2. The lowest BCUT2D eigenvalue weighted by atomic mass is 9.85. The molecule has 1 rings (SSSR count). The van der Waals surface area contributed by atoms with E-state index >= 15 is 0 Å². The topological polar surface area (TPSA) is 15.3 Å². The molecule has 0 atom stereocenters. The Kier molecular flexibility index (Phi) is 7.92. The highest BCUT2D eigenvalue weighted by Gasteiger charge is 2.34. The molecule has 1 fully saturated rings. The van der Waals surface area contributed by atoms with Gasteiger partial charge < -0.3 is 10.2 Å². The number of nitrogens with one attached hydrogen (secondary N) is 1. The number of rotatable bonds is 10. The van der Waals surface area contributed by atoms with Crippen LogP contribution in [0.4, 0.5) is 0 Å². The first-order valence-electron chi connectivity index (χ1n) is 8.19. The van der Waals surface area contributed by atoms with Crippen LogP contribution in [0.25, 0.3) is 0 Å². The molecule has 0 unspecified atom stereocenters. The minimum Gasteiger partial charge on any atom is -0.316 e. The Morgan fingerprint density at radius 3 is 2.33 bits per heavy atom. The SMILES string of the molecule is CCCCN(CC)CC1(CNCCC)CCCC1. The van der Waals surface area contributed by atoms with Crippen molar-refractivity contribution >= 4 is 0 Å². The van der Waals surface area contributed by atoms with Crippen LogP contribution in [0.2, 0.25) is 0 Å². The van der Waals surface area contributed by atoms with Crippen LogP contribution >= 0.6 is 0 Å². The third kappa shape index (κ3) is 5.27. The quantitative estimate of drug-likeness (QED) is 0.598. The molecule has 1 aliphatic rings. The average Bonchev–Trinajstić information content (AvgIpc) is 2.84. The molecule has 0 radical (unpaired) electrons. The minimum absolute atomic E-state index is 0.582.